The van der Waals surface area contributed by atoms with E-state index in [1.165, 1.54) is 17.1 Å². The van der Waals surface area contributed by atoms with Crippen LogP contribution < -0.4 is 4.31 Å². The van der Waals surface area contributed by atoms with Gasteiger partial charge in [0.15, 0.2) is 0 Å². The van der Waals surface area contributed by atoms with Crippen molar-refractivity contribution in [3.05, 3.63) is 29.3 Å². The molecule has 6 heteroatoms. The predicted octanol–water partition coefficient (Wildman–Crippen LogP) is 2.80. The van der Waals surface area contributed by atoms with Crippen molar-refractivity contribution in [3.63, 3.8) is 0 Å². The summed E-state index contributed by atoms with van der Waals surface area (Å²) in [6.07, 6.45) is 5.17. The van der Waals surface area contributed by atoms with Crippen molar-refractivity contribution < 1.29 is 13.2 Å². The molecule has 1 amide bonds. The Morgan fingerprint density at radius 3 is 2.46 bits per heavy atom. The van der Waals surface area contributed by atoms with Crippen LogP contribution in [0, 0.1) is 0 Å². The van der Waals surface area contributed by atoms with Crippen LogP contribution in [0.2, 0.25) is 0 Å². The maximum absolute atomic E-state index is 12.8. The number of sulfonamides is 1. The van der Waals surface area contributed by atoms with Crippen molar-refractivity contribution in [2.45, 2.75) is 52.0 Å². The number of benzene rings is 1. The summed E-state index contributed by atoms with van der Waals surface area (Å²) < 4.78 is 26.2. The van der Waals surface area contributed by atoms with Gasteiger partial charge in [-0.25, -0.2) is 8.42 Å². The zero-order valence-electron chi connectivity index (χ0n) is 14.5. The first kappa shape index (κ1) is 17.3. The van der Waals surface area contributed by atoms with Crippen LogP contribution in [0.25, 0.3) is 0 Å². The summed E-state index contributed by atoms with van der Waals surface area (Å²) in [7, 11) is -3.28. The van der Waals surface area contributed by atoms with E-state index in [2.05, 4.69) is 0 Å². The van der Waals surface area contributed by atoms with Gasteiger partial charge < -0.3 is 4.90 Å². The van der Waals surface area contributed by atoms with E-state index in [4.69, 9.17) is 0 Å². The molecule has 0 aliphatic carbocycles. The summed E-state index contributed by atoms with van der Waals surface area (Å²) >= 11 is 0. The number of carbonyl (C=O) groups is 1. The molecule has 0 saturated carbocycles. The Bertz CT molecular complexity index is 722. The molecule has 24 heavy (non-hydrogen) atoms. The third-order valence-corrected chi connectivity index (χ3v) is 6.92. The quantitative estimate of drug-likeness (QED) is 0.842. The minimum Gasteiger partial charge on any atom is -0.339 e. The standard InChI is InChI=1S/C18H26N2O3S/c1-3-24(22,23)20-14(2)12-16-13-15(8-9-17(16)20)18(21)19-10-6-4-5-7-11-19/h8-9,13-14H,3-7,10-12H2,1-2H3/t14-/m1/s1. The second kappa shape index (κ2) is 6.75. The zero-order valence-corrected chi connectivity index (χ0v) is 15.3. The van der Waals surface area contributed by atoms with Crippen LogP contribution in [0.5, 0.6) is 0 Å². The number of rotatable bonds is 3. The third kappa shape index (κ3) is 3.16. The van der Waals surface area contributed by atoms with Gasteiger partial charge in [-0.3, -0.25) is 9.10 Å². The first-order valence-electron chi connectivity index (χ1n) is 8.88. The van der Waals surface area contributed by atoms with Crippen LogP contribution in [0.3, 0.4) is 0 Å². The Balaban J connectivity index is 1.87. The molecule has 0 spiro atoms. The monoisotopic (exact) mass is 350 g/mol. The van der Waals surface area contributed by atoms with Crippen molar-refractivity contribution in [2.75, 3.05) is 23.1 Å². The van der Waals surface area contributed by atoms with Crippen LogP contribution in [0.15, 0.2) is 18.2 Å². The highest BCUT2D eigenvalue weighted by molar-refractivity contribution is 7.92. The molecule has 0 bridgehead atoms. The molecule has 5 nitrogen and oxygen atoms in total. The number of anilines is 1. The highest BCUT2D eigenvalue weighted by atomic mass is 32.2. The van der Waals surface area contributed by atoms with Crippen LogP contribution >= 0.6 is 0 Å². The lowest BCUT2D eigenvalue weighted by atomic mass is 10.1. The second-order valence-electron chi connectivity index (χ2n) is 6.80. The first-order chi connectivity index (χ1) is 11.4. The molecule has 1 atom stereocenters. The second-order valence-corrected chi connectivity index (χ2v) is 8.93. The number of hydrogen-bond acceptors (Lipinski definition) is 3. The Labute approximate surface area is 144 Å². The average Bonchev–Trinajstić information content (AvgIpc) is 2.74. The topological polar surface area (TPSA) is 57.7 Å². The van der Waals surface area contributed by atoms with Crippen molar-refractivity contribution in [1.82, 2.24) is 4.90 Å². The molecule has 2 aliphatic rings. The van der Waals surface area contributed by atoms with Gasteiger partial charge in [0.05, 0.1) is 11.4 Å². The van der Waals surface area contributed by atoms with Crippen molar-refractivity contribution in [1.29, 1.82) is 0 Å². The highest BCUT2D eigenvalue weighted by Gasteiger charge is 2.34. The van der Waals surface area contributed by atoms with Gasteiger partial charge in [0.25, 0.3) is 5.91 Å². The summed E-state index contributed by atoms with van der Waals surface area (Å²) in [5.41, 5.74) is 2.37. The van der Waals surface area contributed by atoms with E-state index in [-0.39, 0.29) is 17.7 Å². The first-order valence-corrected chi connectivity index (χ1v) is 10.5. The maximum Gasteiger partial charge on any atom is 0.253 e. The predicted molar refractivity (Wildman–Crippen MR) is 95.9 cm³/mol. The fraction of sp³-hybridized carbons (Fsp3) is 0.611. The number of amides is 1. The van der Waals surface area contributed by atoms with Gasteiger partial charge in [0.1, 0.15) is 0 Å². The van der Waals surface area contributed by atoms with Crippen LogP contribution in [-0.4, -0.2) is 44.1 Å². The van der Waals surface area contributed by atoms with E-state index >= 15 is 0 Å². The normalized spacial score (nSPS) is 21.5. The van der Waals surface area contributed by atoms with Gasteiger partial charge in [-0.1, -0.05) is 12.8 Å². The summed E-state index contributed by atoms with van der Waals surface area (Å²) in [6.45, 7) is 5.23. The van der Waals surface area contributed by atoms with Gasteiger partial charge in [-0.2, -0.15) is 0 Å². The molecule has 1 saturated heterocycles. The van der Waals surface area contributed by atoms with E-state index in [9.17, 15) is 13.2 Å². The lowest BCUT2D eigenvalue weighted by Crippen LogP contribution is -2.36. The Kier molecular flexibility index (Phi) is 4.85. The largest absolute Gasteiger partial charge is 0.339 e. The van der Waals surface area contributed by atoms with Gasteiger partial charge in [-0.15, -0.1) is 0 Å². The third-order valence-electron chi connectivity index (χ3n) is 5.04. The number of carbonyl (C=O) groups excluding carboxylic acids is 1. The average molecular weight is 350 g/mol. The maximum atomic E-state index is 12.8. The smallest absolute Gasteiger partial charge is 0.253 e. The van der Waals surface area contributed by atoms with Gasteiger partial charge in [-0.05, 0) is 56.9 Å². The SMILES string of the molecule is CCS(=O)(=O)N1c2ccc(C(=O)N3CCCCCC3)cc2C[C@H]1C. The molecule has 0 aromatic heterocycles. The number of nitrogens with zero attached hydrogens (tertiary/aromatic N) is 2. The summed E-state index contributed by atoms with van der Waals surface area (Å²) in [6, 6.07) is 5.39. The molecule has 0 radical (unpaired) electrons. The fourth-order valence-electron chi connectivity index (χ4n) is 3.76. The molecule has 1 aromatic rings. The van der Waals surface area contributed by atoms with Gasteiger partial charge in [0, 0.05) is 24.7 Å². The Hall–Kier alpha value is -1.56. The highest BCUT2D eigenvalue weighted by Crippen LogP contribution is 2.35. The van der Waals surface area contributed by atoms with Crippen LogP contribution in [0.4, 0.5) is 5.69 Å². The molecular formula is C18H26N2O3S. The molecule has 0 N–H and O–H groups in total. The fourth-order valence-corrected chi connectivity index (χ4v) is 5.13. The van der Waals surface area contributed by atoms with Crippen molar-refractivity contribution in [2.24, 2.45) is 0 Å². The molecule has 2 aliphatic heterocycles. The number of hydrogen-bond donors (Lipinski definition) is 0. The van der Waals surface area contributed by atoms with E-state index < -0.39 is 10.0 Å². The summed E-state index contributed by atoms with van der Waals surface area (Å²) in [5, 5.41) is 0. The van der Waals surface area contributed by atoms with Crippen LogP contribution in [0.1, 0.15) is 55.5 Å². The van der Waals surface area contributed by atoms with Crippen LogP contribution in [-0.2, 0) is 16.4 Å². The lowest BCUT2D eigenvalue weighted by molar-refractivity contribution is 0.0761. The van der Waals surface area contributed by atoms with Crippen molar-refractivity contribution in [3.8, 4) is 0 Å². The Morgan fingerprint density at radius 1 is 1.17 bits per heavy atom. The Morgan fingerprint density at radius 2 is 1.83 bits per heavy atom. The van der Waals surface area contributed by atoms with Gasteiger partial charge >= 0.3 is 0 Å². The minimum absolute atomic E-state index is 0.0733. The molecular weight excluding hydrogens is 324 g/mol. The molecule has 1 fully saturated rings. The minimum atomic E-state index is -3.28. The van der Waals surface area contributed by atoms with E-state index in [1.807, 2.05) is 17.9 Å². The van der Waals surface area contributed by atoms with E-state index in [0.717, 1.165) is 37.2 Å². The van der Waals surface area contributed by atoms with E-state index in [1.54, 1.807) is 19.1 Å². The lowest BCUT2D eigenvalue weighted by Gasteiger charge is -2.24. The van der Waals surface area contributed by atoms with Crippen molar-refractivity contribution >= 4 is 21.6 Å². The zero-order chi connectivity index (χ0) is 17.3. The van der Waals surface area contributed by atoms with Gasteiger partial charge in [0.2, 0.25) is 10.0 Å². The number of likely N-dealkylation sites (tertiary alicyclic amines) is 1. The molecule has 2 heterocycles. The number of fused-ring (bicyclic) bond motifs is 1. The van der Waals surface area contributed by atoms with E-state index in [0.29, 0.717) is 12.0 Å². The summed E-state index contributed by atoms with van der Waals surface area (Å²) in [4.78, 5) is 14.7. The molecule has 1 aromatic carbocycles. The molecule has 0 unspecified atom stereocenters. The molecule has 132 valence electrons. The summed E-state index contributed by atoms with van der Waals surface area (Å²) in [5.74, 6) is 0.162. The molecule has 3 rings (SSSR count).